The lowest BCUT2D eigenvalue weighted by Gasteiger charge is -2.17. The Balaban J connectivity index is 1.58. The van der Waals surface area contributed by atoms with Crippen LogP contribution in [0.25, 0.3) is 0 Å². The van der Waals surface area contributed by atoms with Gasteiger partial charge in [0.2, 0.25) is 15.9 Å². The second-order valence-electron chi connectivity index (χ2n) is 7.53. The van der Waals surface area contributed by atoms with E-state index in [-0.39, 0.29) is 23.3 Å². The van der Waals surface area contributed by atoms with Gasteiger partial charge in [-0.2, -0.15) is 4.31 Å². The lowest BCUT2D eigenvalue weighted by atomic mass is 10.1. The van der Waals surface area contributed by atoms with E-state index >= 15 is 0 Å². The van der Waals surface area contributed by atoms with Crippen molar-refractivity contribution in [2.75, 3.05) is 7.05 Å². The van der Waals surface area contributed by atoms with Gasteiger partial charge in [0, 0.05) is 25.1 Å². The summed E-state index contributed by atoms with van der Waals surface area (Å²) in [6.07, 6.45) is 0.843. The van der Waals surface area contributed by atoms with E-state index in [4.69, 9.17) is 0 Å². The number of hydrogen-bond acceptors (Lipinski definition) is 4. The Morgan fingerprint density at radius 3 is 2.17 bits per heavy atom. The van der Waals surface area contributed by atoms with Gasteiger partial charge in [0.05, 0.1) is 4.90 Å². The maximum absolute atomic E-state index is 12.7. The summed E-state index contributed by atoms with van der Waals surface area (Å²) < 4.78 is 26.6. The van der Waals surface area contributed by atoms with Crippen molar-refractivity contribution in [2.45, 2.75) is 31.7 Å². The zero-order chi connectivity index (χ0) is 21.2. The van der Waals surface area contributed by atoms with Crippen LogP contribution in [0.1, 0.15) is 34.8 Å². The Hall–Kier alpha value is -2.71. The first kappa shape index (κ1) is 21.0. The normalized spacial score (nSPS) is 18.3. The van der Waals surface area contributed by atoms with E-state index in [9.17, 15) is 18.0 Å². The average Bonchev–Trinajstić information content (AvgIpc) is 3.43. The predicted molar refractivity (Wildman–Crippen MR) is 109 cm³/mol. The molecule has 2 N–H and O–H groups in total. The molecule has 0 heterocycles. The van der Waals surface area contributed by atoms with E-state index in [0.29, 0.717) is 11.5 Å². The molecule has 29 heavy (non-hydrogen) atoms. The van der Waals surface area contributed by atoms with Crippen LogP contribution < -0.4 is 10.9 Å². The molecule has 0 aromatic heterocycles. The summed E-state index contributed by atoms with van der Waals surface area (Å²) in [4.78, 5) is 24.2. The molecule has 2 aromatic carbocycles. The molecule has 0 spiro atoms. The number of hydrogen-bond donors (Lipinski definition) is 2. The van der Waals surface area contributed by atoms with Crippen molar-refractivity contribution in [1.29, 1.82) is 0 Å². The molecule has 1 fully saturated rings. The summed E-state index contributed by atoms with van der Waals surface area (Å²) in [5.74, 6) is -0.257. The van der Waals surface area contributed by atoms with Gasteiger partial charge in [0.15, 0.2) is 0 Å². The second-order valence-corrected chi connectivity index (χ2v) is 9.58. The maximum Gasteiger partial charge on any atom is 0.269 e. The minimum atomic E-state index is -3.60. The van der Waals surface area contributed by atoms with Crippen molar-refractivity contribution < 1.29 is 18.0 Å². The van der Waals surface area contributed by atoms with Crippen molar-refractivity contribution in [1.82, 2.24) is 15.2 Å². The molecule has 7 nitrogen and oxygen atoms in total. The standard InChI is InChI=1S/C21H25N3O4S/c1-14-4-10-18(11-5-14)29(27,28)24(3)13-16-6-8-17(9-7-16)20(25)22-23-21(26)19-12-15(19)2/h4-11,15,19H,12-13H2,1-3H3,(H,22,25)(H,23,26)/t15-,19-/m1/s1. The number of nitrogens with one attached hydrogen (secondary N) is 2. The molecule has 154 valence electrons. The number of nitrogens with zero attached hydrogens (tertiary/aromatic N) is 1. The molecule has 3 rings (SSSR count). The number of carbonyl (C=O) groups excluding carboxylic acids is 2. The number of carbonyl (C=O) groups is 2. The Labute approximate surface area is 171 Å². The lowest BCUT2D eigenvalue weighted by molar-refractivity contribution is -0.123. The third-order valence-electron chi connectivity index (χ3n) is 5.10. The summed E-state index contributed by atoms with van der Waals surface area (Å²) in [5, 5.41) is 0. The van der Waals surface area contributed by atoms with Gasteiger partial charge in [0.25, 0.3) is 5.91 Å². The quantitative estimate of drug-likeness (QED) is 0.708. The molecule has 1 aliphatic carbocycles. The lowest BCUT2D eigenvalue weighted by Crippen LogP contribution is -2.42. The smallest absolute Gasteiger partial charge is 0.269 e. The Kier molecular flexibility index (Phi) is 6.04. The number of rotatable bonds is 6. The molecule has 0 unspecified atom stereocenters. The fourth-order valence-corrected chi connectivity index (χ4v) is 4.12. The predicted octanol–water partition coefficient (Wildman–Crippen LogP) is 2.23. The first-order valence-electron chi connectivity index (χ1n) is 9.40. The van der Waals surface area contributed by atoms with Crippen molar-refractivity contribution >= 4 is 21.8 Å². The van der Waals surface area contributed by atoms with Crippen molar-refractivity contribution in [3.63, 3.8) is 0 Å². The van der Waals surface area contributed by atoms with Gasteiger partial charge in [-0.15, -0.1) is 0 Å². The van der Waals surface area contributed by atoms with Crippen LogP contribution in [-0.2, 0) is 21.4 Å². The molecule has 0 aliphatic heterocycles. The molecule has 1 aliphatic rings. The number of benzene rings is 2. The van der Waals surface area contributed by atoms with E-state index < -0.39 is 15.9 Å². The summed E-state index contributed by atoms with van der Waals surface area (Å²) in [7, 11) is -2.08. The van der Waals surface area contributed by atoms with Crippen LogP contribution in [-0.4, -0.2) is 31.6 Å². The van der Waals surface area contributed by atoms with E-state index in [2.05, 4.69) is 10.9 Å². The highest BCUT2D eigenvalue weighted by atomic mass is 32.2. The van der Waals surface area contributed by atoms with Gasteiger partial charge < -0.3 is 0 Å². The summed E-state index contributed by atoms with van der Waals surface area (Å²) in [6, 6.07) is 13.3. The average molecular weight is 416 g/mol. The van der Waals surface area contributed by atoms with E-state index in [1.54, 1.807) is 48.5 Å². The Morgan fingerprint density at radius 2 is 1.62 bits per heavy atom. The topological polar surface area (TPSA) is 95.6 Å². The zero-order valence-electron chi connectivity index (χ0n) is 16.7. The Bertz CT molecular complexity index is 1000. The molecular weight excluding hydrogens is 390 g/mol. The maximum atomic E-state index is 12.7. The van der Waals surface area contributed by atoms with E-state index in [1.807, 2.05) is 13.8 Å². The molecule has 2 atom stereocenters. The number of amides is 2. The highest BCUT2D eigenvalue weighted by Crippen LogP contribution is 2.37. The molecule has 2 aromatic rings. The van der Waals surface area contributed by atoms with Gasteiger partial charge in [-0.3, -0.25) is 20.4 Å². The third kappa shape index (κ3) is 5.02. The van der Waals surface area contributed by atoms with Crippen molar-refractivity contribution in [3.05, 3.63) is 65.2 Å². The van der Waals surface area contributed by atoms with E-state index in [0.717, 1.165) is 17.5 Å². The molecule has 1 saturated carbocycles. The van der Waals surface area contributed by atoms with Crippen LogP contribution in [0.2, 0.25) is 0 Å². The van der Waals surface area contributed by atoms with Gasteiger partial charge in [0.1, 0.15) is 0 Å². The minimum absolute atomic E-state index is 0.0244. The summed E-state index contributed by atoms with van der Waals surface area (Å²) >= 11 is 0. The van der Waals surface area contributed by atoms with Gasteiger partial charge in [-0.1, -0.05) is 36.8 Å². The molecule has 0 radical (unpaired) electrons. The molecular formula is C21H25N3O4S. The van der Waals surface area contributed by atoms with Crippen molar-refractivity contribution in [3.8, 4) is 0 Å². The van der Waals surface area contributed by atoms with Crippen LogP contribution in [0.5, 0.6) is 0 Å². The fourth-order valence-electron chi connectivity index (χ4n) is 2.96. The number of aryl methyl sites for hydroxylation is 1. The third-order valence-corrected chi connectivity index (χ3v) is 6.91. The molecule has 8 heteroatoms. The fraction of sp³-hybridized carbons (Fsp3) is 0.333. The van der Waals surface area contributed by atoms with Gasteiger partial charge >= 0.3 is 0 Å². The van der Waals surface area contributed by atoms with Gasteiger partial charge in [-0.05, 0) is 49.1 Å². The van der Waals surface area contributed by atoms with Crippen LogP contribution in [0, 0.1) is 18.8 Å². The largest absolute Gasteiger partial charge is 0.273 e. The van der Waals surface area contributed by atoms with Crippen LogP contribution >= 0.6 is 0 Å². The Morgan fingerprint density at radius 1 is 1.03 bits per heavy atom. The van der Waals surface area contributed by atoms with Crippen LogP contribution in [0.4, 0.5) is 0 Å². The first-order chi connectivity index (χ1) is 13.7. The SMILES string of the molecule is Cc1ccc(S(=O)(=O)N(C)Cc2ccc(C(=O)NNC(=O)[C@@H]3C[C@H]3C)cc2)cc1. The highest BCUT2D eigenvalue weighted by molar-refractivity contribution is 7.89. The summed E-state index contributed by atoms with van der Waals surface area (Å²) in [5.41, 5.74) is 6.95. The van der Waals surface area contributed by atoms with Crippen molar-refractivity contribution in [2.24, 2.45) is 11.8 Å². The monoisotopic (exact) mass is 415 g/mol. The first-order valence-corrected chi connectivity index (χ1v) is 10.8. The van der Waals surface area contributed by atoms with Crippen LogP contribution in [0.3, 0.4) is 0 Å². The molecule has 2 amide bonds. The molecule has 0 saturated heterocycles. The zero-order valence-corrected chi connectivity index (χ0v) is 17.5. The van der Waals surface area contributed by atoms with Gasteiger partial charge in [-0.25, -0.2) is 8.42 Å². The van der Waals surface area contributed by atoms with Crippen LogP contribution in [0.15, 0.2) is 53.4 Å². The number of sulfonamides is 1. The second kappa shape index (κ2) is 8.34. The summed E-state index contributed by atoms with van der Waals surface area (Å²) in [6.45, 7) is 4.06. The minimum Gasteiger partial charge on any atom is -0.273 e. The van der Waals surface area contributed by atoms with E-state index in [1.165, 1.54) is 11.4 Å². The highest BCUT2D eigenvalue weighted by Gasteiger charge is 2.39. The number of hydrazine groups is 1. The molecule has 0 bridgehead atoms.